The summed E-state index contributed by atoms with van der Waals surface area (Å²) in [6, 6.07) is 14.2. The number of halogens is 1. The van der Waals surface area contributed by atoms with Gasteiger partial charge in [0.2, 0.25) is 11.8 Å². The zero-order valence-electron chi connectivity index (χ0n) is 15.4. The second-order valence-corrected chi connectivity index (χ2v) is 7.02. The van der Waals surface area contributed by atoms with Crippen LogP contribution in [0.3, 0.4) is 0 Å². The Labute approximate surface area is 168 Å². The van der Waals surface area contributed by atoms with Gasteiger partial charge in [0, 0.05) is 25.2 Å². The van der Waals surface area contributed by atoms with E-state index in [0.717, 1.165) is 30.6 Å². The quantitative estimate of drug-likeness (QED) is 0.783. The van der Waals surface area contributed by atoms with Crippen molar-refractivity contribution in [3.05, 3.63) is 64.7 Å². The Hall–Kier alpha value is -2.86. The van der Waals surface area contributed by atoms with E-state index in [4.69, 9.17) is 11.6 Å². The first-order valence-electron chi connectivity index (χ1n) is 9.23. The third-order valence-corrected chi connectivity index (χ3v) is 4.89. The number of hydrogen-bond acceptors (Lipinski definition) is 3. The van der Waals surface area contributed by atoms with E-state index in [0.29, 0.717) is 23.6 Å². The highest BCUT2D eigenvalue weighted by Gasteiger charge is 2.19. The molecule has 1 heterocycles. The summed E-state index contributed by atoms with van der Waals surface area (Å²) in [5, 5.41) is 5.67. The molecule has 2 aromatic rings. The lowest BCUT2D eigenvalue weighted by molar-refractivity contribution is -0.120. The fourth-order valence-electron chi connectivity index (χ4n) is 3.08. The second kappa shape index (κ2) is 9.37. The number of piperidine rings is 1. The number of anilines is 1. The molecule has 0 aliphatic carbocycles. The maximum atomic E-state index is 12.1. The Morgan fingerprint density at radius 1 is 1.04 bits per heavy atom. The lowest BCUT2D eigenvalue weighted by Crippen LogP contribution is -2.37. The number of carbonyl (C=O) groups is 3. The smallest absolute Gasteiger partial charge is 0.253 e. The van der Waals surface area contributed by atoms with Crippen LogP contribution in [0.4, 0.5) is 5.69 Å². The van der Waals surface area contributed by atoms with Crippen molar-refractivity contribution in [2.24, 2.45) is 0 Å². The zero-order valence-corrected chi connectivity index (χ0v) is 16.2. The Morgan fingerprint density at radius 2 is 1.86 bits per heavy atom. The molecule has 28 heavy (non-hydrogen) atoms. The van der Waals surface area contributed by atoms with E-state index in [-0.39, 0.29) is 18.4 Å². The molecule has 1 saturated heterocycles. The van der Waals surface area contributed by atoms with Gasteiger partial charge in [-0.05, 0) is 42.7 Å². The van der Waals surface area contributed by atoms with Crippen molar-refractivity contribution in [1.82, 2.24) is 10.6 Å². The Balaban J connectivity index is 1.51. The molecule has 1 aliphatic heterocycles. The Bertz CT molecular complexity index is 885. The van der Waals surface area contributed by atoms with Gasteiger partial charge in [-0.2, -0.15) is 0 Å². The molecule has 0 bridgehead atoms. The van der Waals surface area contributed by atoms with Crippen molar-refractivity contribution in [3.8, 4) is 0 Å². The number of carbonyl (C=O) groups excluding carboxylic acids is 3. The third kappa shape index (κ3) is 5.10. The topological polar surface area (TPSA) is 78.5 Å². The summed E-state index contributed by atoms with van der Waals surface area (Å²) in [5.41, 5.74) is 2.07. The first kappa shape index (κ1) is 19.9. The van der Waals surface area contributed by atoms with Gasteiger partial charge >= 0.3 is 0 Å². The van der Waals surface area contributed by atoms with Crippen LogP contribution in [-0.4, -0.2) is 30.8 Å². The van der Waals surface area contributed by atoms with Crippen molar-refractivity contribution in [2.45, 2.75) is 25.8 Å². The monoisotopic (exact) mass is 399 g/mol. The van der Waals surface area contributed by atoms with Gasteiger partial charge in [-0.15, -0.1) is 0 Å². The molecule has 0 unspecified atom stereocenters. The lowest BCUT2D eigenvalue weighted by Gasteiger charge is -2.27. The van der Waals surface area contributed by atoms with Crippen LogP contribution in [0.2, 0.25) is 5.02 Å². The van der Waals surface area contributed by atoms with Crippen LogP contribution in [0.5, 0.6) is 0 Å². The van der Waals surface area contributed by atoms with Crippen LogP contribution in [0.15, 0.2) is 48.5 Å². The fourth-order valence-corrected chi connectivity index (χ4v) is 3.30. The first-order chi connectivity index (χ1) is 13.5. The highest BCUT2D eigenvalue weighted by Crippen LogP contribution is 2.21. The molecule has 0 spiro atoms. The average Bonchev–Trinajstić information content (AvgIpc) is 2.71. The van der Waals surface area contributed by atoms with E-state index >= 15 is 0 Å². The van der Waals surface area contributed by atoms with Crippen molar-refractivity contribution in [3.63, 3.8) is 0 Å². The number of hydrogen-bond donors (Lipinski definition) is 2. The van der Waals surface area contributed by atoms with Gasteiger partial charge in [0.15, 0.2) is 0 Å². The number of nitrogens with zero attached hydrogens (tertiary/aromatic N) is 1. The molecule has 1 fully saturated rings. The van der Waals surface area contributed by atoms with Crippen molar-refractivity contribution < 1.29 is 14.4 Å². The van der Waals surface area contributed by atoms with Crippen LogP contribution in [0.1, 0.15) is 35.2 Å². The lowest BCUT2D eigenvalue weighted by atomic mass is 10.1. The average molecular weight is 400 g/mol. The van der Waals surface area contributed by atoms with E-state index in [1.54, 1.807) is 29.2 Å². The molecule has 7 heteroatoms. The fraction of sp³-hybridized carbons (Fsp3) is 0.286. The normalized spacial score (nSPS) is 13.9. The largest absolute Gasteiger partial charge is 0.350 e. The molecule has 0 radical (unpaired) electrons. The van der Waals surface area contributed by atoms with Crippen LogP contribution in [0, 0.1) is 0 Å². The molecule has 146 valence electrons. The molecule has 2 aromatic carbocycles. The second-order valence-electron chi connectivity index (χ2n) is 6.61. The highest BCUT2D eigenvalue weighted by atomic mass is 35.5. The van der Waals surface area contributed by atoms with Gasteiger partial charge in [-0.3, -0.25) is 14.4 Å². The van der Waals surface area contributed by atoms with Gasteiger partial charge < -0.3 is 15.5 Å². The van der Waals surface area contributed by atoms with E-state index in [9.17, 15) is 14.4 Å². The van der Waals surface area contributed by atoms with Crippen molar-refractivity contribution in [2.75, 3.05) is 18.0 Å². The summed E-state index contributed by atoms with van der Waals surface area (Å²) in [7, 11) is 0. The van der Waals surface area contributed by atoms with Gasteiger partial charge in [0.25, 0.3) is 5.91 Å². The van der Waals surface area contributed by atoms with Gasteiger partial charge in [0.05, 0.1) is 17.1 Å². The predicted molar refractivity (Wildman–Crippen MR) is 108 cm³/mol. The number of nitrogens with one attached hydrogen (secondary N) is 2. The summed E-state index contributed by atoms with van der Waals surface area (Å²) in [6.45, 7) is 0.897. The van der Waals surface area contributed by atoms with E-state index in [1.807, 2.05) is 24.3 Å². The van der Waals surface area contributed by atoms with Crippen LogP contribution >= 0.6 is 11.6 Å². The molecular weight excluding hydrogens is 378 g/mol. The molecule has 3 amide bonds. The van der Waals surface area contributed by atoms with Gasteiger partial charge in [0.1, 0.15) is 0 Å². The molecule has 0 atom stereocenters. The Kier molecular flexibility index (Phi) is 6.66. The van der Waals surface area contributed by atoms with Crippen molar-refractivity contribution >= 4 is 35.0 Å². The minimum Gasteiger partial charge on any atom is -0.350 e. The number of benzene rings is 2. The minimum atomic E-state index is -0.397. The standard InChI is InChI=1S/C21H22ClN3O3/c22-18-9-2-1-8-17(18)21(28)24-14-19(26)23-13-15-6-5-7-16(12-15)25-11-4-3-10-20(25)27/h1-2,5-9,12H,3-4,10-11,13-14H2,(H,23,26)(H,24,28). The van der Waals surface area contributed by atoms with E-state index in [1.165, 1.54) is 0 Å². The molecule has 2 N–H and O–H groups in total. The van der Waals surface area contributed by atoms with Gasteiger partial charge in [-0.1, -0.05) is 35.9 Å². The molecule has 1 aliphatic rings. The summed E-state index contributed by atoms with van der Waals surface area (Å²) in [6.07, 6.45) is 2.51. The molecule has 0 saturated carbocycles. The maximum absolute atomic E-state index is 12.1. The SMILES string of the molecule is O=C(CNC(=O)c1ccccc1Cl)NCc1cccc(N2CCCCC2=O)c1. The van der Waals surface area contributed by atoms with Crippen molar-refractivity contribution in [1.29, 1.82) is 0 Å². The van der Waals surface area contributed by atoms with E-state index < -0.39 is 5.91 Å². The summed E-state index contributed by atoms with van der Waals surface area (Å²) < 4.78 is 0. The van der Waals surface area contributed by atoms with Crippen LogP contribution in [0.25, 0.3) is 0 Å². The Morgan fingerprint density at radius 3 is 2.64 bits per heavy atom. The molecular formula is C21H22ClN3O3. The number of rotatable bonds is 6. The van der Waals surface area contributed by atoms with Gasteiger partial charge in [-0.25, -0.2) is 0 Å². The highest BCUT2D eigenvalue weighted by molar-refractivity contribution is 6.33. The summed E-state index contributed by atoms with van der Waals surface area (Å²) >= 11 is 5.98. The number of amides is 3. The van der Waals surface area contributed by atoms with E-state index in [2.05, 4.69) is 10.6 Å². The predicted octanol–water partition coefficient (Wildman–Crippen LogP) is 2.90. The molecule has 6 nitrogen and oxygen atoms in total. The van der Waals surface area contributed by atoms with Crippen LogP contribution < -0.4 is 15.5 Å². The minimum absolute atomic E-state index is 0.134. The maximum Gasteiger partial charge on any atom is 0.253 e. The molecule has 0 aromatic heterocycles. The summed E-state index contributed by atoms with van der Waals surface area (Å²) in [4.78, 5) is 38.0. The molecule has 3 rings (SSSR count). The first-order valence-corrected chi connectivity index (χ1v) is 9.61. The van der Waals surface area contributed by atoms with Crippen LogP contribution in [-0.2, 0) is 16.1 Å². The zero-order chi connectivity index (χ0) is 19.9. The third-order valence-electron chi connectivity index (χ3n) is 4.56. The summed E-state index contributed by atoms with van der Waals surface area (Å²) in [5.74, 6) is -0.569.